The van der Waals surface area contributed by atoms with Crippen LogP contribution in [-0.4, -0.2) is 36.9 Å². The zero-order valence-corrected chi connectivity index (χ0v) is 22.6. The van der Waals surface area contributed by atoms with E-state index in [0.717, 1.165) is 49.9 Å². The van der Waals surface area contributed by atoms with E-state index in [-0.39, 0.29) is 5.75 Å². The predicted octanol–water partition coefficient (Wildman–Crippen LogP) is 5.82. The first-order valence-corrected chi connectivity index (χ1v) is 15.1. The summed E-state index contributed by atoms with van der Waals surface area (Å²) in [4.78, 5) is 9.28. The van der Waals surface area contributed by atoms with Crippen molar-refractivity contribution in [2.45, 2.75) is 13.2 Å². The number of hydrogen-bond acceptors (Lipinski definition) is 8. The fourth-order valence-electron chi connectivity index (χ4n) is 3.92. The van der Waals surface area contributed by atoms with Gasteiger partial charge in [0.05, 0.1) is 17.0 Å². The Labute approximate surface area is 226 Å². The molecule has 2 N–H and O–H groups in total. The molecule has 5 aromatic rings. The second-order valence-electron chi connectivity index (χ2n) is 8.96. The normalized spacial score (nSPS) is 11.5. The predicted molar refractivity (Wildman–Crippen MR) is 155 cm³/mol. The molecule has 38 heavy (non-hydrogen) atoms. The van der Waals surface area contributed by atoms with Gasteiger partial charge in [0, 0.05) is 53.2 Å². The summed E-state index contributed by atoms with van der Waals surface area (Å²) < 4.78 is 28.5. The summed E-state index contributed by atoms with van der Waals surface area (Å²) in [5.74, 6) is 0.931. The molecule has 2 heterocycles. The van der Waals surface area contributed by atoms with Crippen LogP contribution in [-0.2, 0) is 23.0 Å². The van der Waals surface area contributed by atoms with Gasteiger partial charge in [0.1, 0.15) is 27.2 Å². The summed E-state index contributed by atoms with van der Waals surface area (Å²) in [6.07, 6.45) is 3.04. The van der Waals surface area contributed by atoms with E-state index < -0.39 is 9.84 Å². The molecule has 194 valence electrons. The molecule has 0 aliphatic carbocycles. The van der Waals surface area contributed by atoms with E-state index in [1.807, 2.05) is 72.1 Å². The molecule has 0 radical (unpaired) electrons. The molecule has 0 atom stereocenters. The molecule has 0 fully saturated rings. The Bertz CT molecular complexity index is 1620. The first-order chi connectivity index (χ1) is 18.4. The number of anilines is 2. The van der Waals surface area contributed by atoms with Crippen LogP contribution in [0.15, 0.2) is 90.4 Å². The zero-order valence-electron chi connectivity index (χ0n) is 20.9. The fourth-order valence-corrected chi connectivity index (χ4v) is 5.25. The lowest BCUT2D eigenvalue weighted by atomic mass is 10.1. The molecule has 0 bridgehead atoms. The Morgan fingerprint density at radius 2 is 1.79 bits per heavy atom. The maximum Gasteiger partial charge on any atom is 0.148 e. The molecular formula is C29H28N4O3S2. The minimum Gasteiger partial charge on any atom is -0.489 e. The highest BCUT2D eigenvalue weighted by Gasteiger charge is 2.09. The van der Waals surface area contributed by atoms with Crippen molar-refractivity contribution in [3.05, 3.63) is 102 Å². The number of ether oxygens (including phenoxy) is 1. The monoisotopic (exact) mass is 544 g/mol. The van der Waals surface area contributed by atoms with Gasteiger partial charge < -0.3 is 15.4 Å². The maximum atomic E-state index is 11.3. The largest absolute Gasteiger partial charge is 0.489 e. The van der Waals surface area contributed by atoms with Crippen LogP contribution in [0.1, 0.15) is 11.3 Å². The number of hydrogen-bond donors (Lipinski definition) is 2. The lowest BCUT2D eigenvalue weighted by Gasteiger charge is -2.11. The number of pyridine rings is 1. The van der Waals surface area contributed by atoms with Crippen molar-refractivity contribution < 1.29 is 13.2 Å². The summed E-state index contributed by atoms with van der Waals surface area (Å²) in [7, 11) is -2.97. The van der Waals surface area contributed by atoms with Gasteiger partial charge in [-0.15, -0.1) is 11.3 Å². The number of thiazole rings is 1. The van der Waals surface area contributed by atoms with E-state index in [1.54, 1.807) is 17.5 Å². The lowest BCUT2D eigenvalue weighted by Crippen LogP contribution is -2.22. The van der Waals surface area contributed by atoms with Gasteiger partial charge in [-0.3, -0.25) is 4.98 Å². The summed E-state index contributed by atoms with van der Waals surface area (Å²) in [6.45, 7) is 1.47. The van der Waals surface area contributed by atoms with Crippen LogP contribution in [0.5, 0.6) is 5.75 Å². The highest BCUT2D eigenvalue weighted by Crippen LogP contribution is 2.31. The molecule has 0 saturated carbocycles. The van der Waals surface area contributed by atoms with Crippen LogP contribution >= 0.6 is 11.3 Å². The number of benzene rings is 3. The summed E-state index contributed by atoms with van der Waals surface area (Å²) in [6, 6.07) is 26.1. The molecular weight excluding hydrogens is 516 g/mol. The summed E-state index contributed by atoms with van der Waals surface area (Å²) in [5, 5.41) is 10.5. The highest BCUT2D eigenvalue weighted by atomic mass is 32.2. The zero-order chi connectivity index (χ0) is 26.4. The van der Waals surface area contributed by atoms with Crippen molar-refractivity contribution in [2.75, 3.05) is 23.9 Å². The van der Waals surface area contributed by atoms with Crippen molar-refractivity contribution in [3.8, 4) is 16.3 Å². The quantitative estimate of drug-likeness (QED) is 0.203. The van der Waals surface area contributed by atoms with Gasteiger partial charge >= 0.3 is 0 Å². The van der Waals surface area contributed by atoms with E-state index in [9.17, 15) is 8.42 Å². The van der Waals surface area contributed by atoms with Gasteiger partial charge in [-0.2, -0.15) is 0 Å². The van der Waals surface area contributed by atoms with Crippen LogP contribution in [0, 0.1) is 0 Å². The number of nitrogens with zero attached hydrogens (tertiary/aromatic N) is 2. The first kappa shape index (κ1) is 25.8. The Morgan fingerprint density at radius 1 is 0.974 bits per heavy atom. The van der Waals surface area contributed by atoms with E-state index in [1.165, 1.54) is 6.26 Å². The van der Waals surface area contributed by atoms with Gasteiger partial charge in [0.15, 0.2) is 0 Å². The van der Waals surface area contributed by atoms with Crippen molar-refractivity contribution >= 4 is 43.5 Å². The minimum atomic E-state index is -2.97. The Hall–Kier alpha value is -3.79. The number of fused-ring (bicyclic) bond motifs is 1. The third kappa shape index (κ3) is 6.95. The van der Waals surface area contributed by atoms with Gasteiger partial charge in [-0.25, -0.2) is 13.4 Å². The number of aromatic nitrogens is 2. The van der Waals surface area contributed by atoms with Crippen molar-refractivity contribution in [1.82, 2.24) is 15.3 Å². The summed E-state index contributed by atoms with van der Waals surface area (Å²) >= 11 is 1.56. The highest BCUT2D eigenvalue weighted by molar-refractivity contribution is 7.90. The molecule has 9 heteroatoms. The molecule has 0 unspecified atom stereocenters. The van der Waals surface area contributed by atoms with Gasteiger partial charge in [0.2, 0.25) is 0 Å². The van der Waals surface area contributed by atoms with Gasteiger partial charge in [-0.1, -0.05) is 42.5 Å². The molecule has 0 aliphatic heterocycles. The average molecular weight is 545 g/mol. The third-order valence-corrected chi connectivity index (χ3v) is 7.76. The van der Waals surface area contributed by atoms with Gasteiger partial charge in [-0.05, 0) is 42.0 Å². The van der Waals surface area contributed by atoms with Crippen LogP contribution in [0.25, 0.3) is 21.5 Å². The second kappa shape index (κ2) is 11.7. The molecule has 0 spiro atoms. The average Bonchev–Trinajstić information content (AvgIpc) is 3.40. The molecule has 7 nitrogen and oxygen atoms in total. The minimum absolute atomic E-state index is 0.114. The Morgan fingerprint density at radius 3 is 2.58 bits per heavy atom. The molecule has 3 aromatic carbocycles. The topological polar surface area (TPSA) is 93.2 Å². The first-order valence-electron chi connectivity index (χ1n) is 12.2. The third-order valence-electron chi connectivity index (χ3n) is 5.88. The standard InChI is InChI=1S/C29H28N4O3S2/c1-38(34,35)16-15-30-18-24-20-37-29(33-24)22-7-12-26-27(13-14-31-28(26)17-22)32-23-8-10-25(11-9-23)36-19-21-5-3-2-4-6-21/h2-14,17,20,30H,15-16,18-19H2,1H3,(H,31,32). The lowest BCUT2D eigenvalue weighted by molar-refractivity contribution is 0.306. The Kier molecular flexibility index (Phi) is 7.97. The van der Waals surface area contributed by atoms with Crippen LogP contribution in [0.2, 0.25) is 0 Å². The van der Waals surface area contributed by atoms with E-state index in [4.69, 9.17) is 9.72 Å². The maximum absolute atomic E-state index is 11.3. The molecule has 5 rings (SSSR count). The Balaban J connectivity index is 1.23. The van der Waals surface area contributed by atoms with Crippen LogP contribution in [0.3, 0.4) is 0 Å². The van der Waals surface area contributed by atoms with Gasteiger partial charge in [0.25, 0.3) is 0 Å². The second-order valence-corrected chi connectivity index (χ2v) is 12.1. The SMILES string of the molecule is CS(=O)(=O)CCNCc1csc(-c2ccc3c(Nc4ccc(OCc5ccccc5)cc4)ccnc3c2)n1. The van der Waals surface area contributed by atoms with E-state index in [0.29, 0.717) is 19.7 Å². The number of rotatable bonds is 11. The van der Waals surface area contributed by atoms with E-state index in [2.05, 4.69) is 27.8 Å². The fraction of sp³-hybridized carbons (Fsp3) is 0.172. The number of nitrogens with one attached hydrogen (secondary N) is 2. The van der Waals surface area contributed by atoms with Crippen LogP contribution < -0.4 is 15.4 Å². The molecule has 2 aromatic heterocycles. The van der Waals surface area contributed by atoms with Crippen molar-refractivity contribution in [3.63, 3.8) is 0 Å². The smallest absolute Gasteiger partial charge is 0.148 e. The molecule has 0 aliphatic rings. The van der Waals surface area contributed by atoms with E-state index >= 15 is 0 Å². The van der Waals surface area contributed by atoms with Crippen molar-refractivity contribution in [1.29, 1.82) is 0 Å². The van der Waals surface area contributed by atoms with Crippen LogP contribution in [0.4, 0.5) is 11.4 Å². The van der Waals surface area contributed by atoms with Crippen molar-refractivity contribution in [2.24, 2.45) is 0 Å². The number of sulfone groups is 1. The molecule has 0 saturated heterocycles. The molecule has 0 amide bonds. The summed E-state index contributed by atoms with van der Waals surface area (Å²) in [5.41, 5.74) is 5.81.